The van der Waals surface area contributed by atoms with E-state index in [4.69, 9.17) is 4.74 Å². The predicted molar refractivity (Wildman–Crippen MR) is 91.1 cm³/mol. The van der Waals surface area contributed by atoms with E-state index in [1.54, 1.807) is 18.2 Å². The maximum atomic E-state index is 13.2. The van der Waals surface area contributed by atoms with E-state index in [2.05, 4.69) is 15.0 Å². The Balaban J connectivity index is 1.69. The van der Waals surface area contributed by atoms with E-state index in [0.29, 0.717) is 18.0 Å². The fraction of sp³-hybridized carbons (Fsp3) is 0.176. The fourth-order valence-electron chi connectivity index (χ4n) is 2.18. The Morgan fingerprint density at radius 1 is 1.29 bits per heavy atom. The molecule has 3 rings (SSSR count). The molecule has 124 valence electrons. The first-order valence-electron chi connectivity index (χ1n) is 7.18. The minimum atomic E-state index is -0.520. The van der Waals surface area contributed by atoms with Gasteiger partial charge >= 0.3 is 6.09 Å². The standard InChI is InChI=1S/C17H15FN2O3S/c1-10-7-12(4-6-13(10)20-17(21)22-2)23-9-16-19-14-5-3-11(18)8-15(14)24-16/h3-8H,9H2,1-2H3,(H,20,21). The van der Waals surface area contributed by atoms with Crippen LogP contribution in [0.15, 0.2) is 36.4 Å². The molecule has 0 unspecified atom stereocenters. The number of ether oxygens (including phenoxy) is 2. The largest absolute Gasteiger partial charge is 0.486 e. The Morgan fingerprint density at radius 3 is 2.88 bits per heavy atom. The Labute approximate surface area is 142 Å². The number of fused-ring (bicyclic) bond motifs is 1. The molecule has 1 aromatic heterocycles. The third-order valence-corrected chi connectivity index (χ3v) is 4.37. The summed E-state index contributed by atoms with van der Waals surface area (Å²) in [6.45, 7) is 2.16. The number of nitrogens with zero attached hydrogens (tertiary/aromatic N) is 1. The molecule has 1 N–H and O–H groups in total. The van der Waals surface area contributed by atoms with E-state index in [1.807, 2.05) is 13.0 Å². The van der Waals surface area contributed by atoms with E-state index < -0.39 is 6.09 Å². The summed E-state index contributed by atoms with van der Waals surface area (Å²) in [6.07, 6.45) is -0.520. The maximum Gasteiger partial charge on any atom is 0.411 e. The van der Waals surface area contributed by atoms with E-state index in [9.17, 15) is 9.18 Å². The van der Waals surface area contributed by atoms with Crippen molar-refractivity contribution < 1.29 is 18.7 Å². The molecule has 5 nitrogen and oxygen atoms in total. The van der Waals surface area contributed by atoms with Crippen LogP contribution in [0.5, 0.6) is 5.75 Å². The molecule has 24 heavy (non-hydrogen) atoms. The second-order valence-electron chi connectivity index (χ2n) is 5.10. The quantitative estimate of drug-likeness (QED) is 0.755. The van der Waals surface area contributed by atoms with Crippen molar-refractivity contribution >= 4 is 33.3 Å². The molecule has 0 aliphatic heterocycles. The molecule has 0 aliphatic rings. The number of rotatable bonds is 4. The Hall–Kier alpha value is -2.67. The highest BCUT2D eigenvalue weighted by Gasteiger charge is 2.08. The van der Waals surface area contributed by atoms with Crippen molar-refractivity contribution in [3.63, 3.8) is 0 Å². The summed E-state index contributed by atoms with van der Waals surface area (Å²) >= 11 is 1.40. The zero-order valence-corrected chi connectivity index (χ0v) is 13.9. The second-order valence-corrected chi connectivity index (χ2v) is 6.22. The molecule has 0 spiro atoms. The van der Waals surface area contributed by atoms with Crippen LogP contribution in [0.4, 0.5) is 14.9 Å². The maximum absolute atomic E-state index is 13.2. The minimum absolute atomic E-state index is 0.275. The summed E-state index contributed by atoms with van der Waals surface area (Å²) in [7, 11) is 1.31. The van der Waals surface area contributed by atoms with Gasteiger partial charge in [0.05, 0.1) is 17.3 Å². The van der Waals surface area contributed by atoms with Crippen molar-refractivity contribution in [1.82, 2.24) is 4.98 Å². The Bertz CT molecular complexity index is 895. The number of thiazole rings is 1. The lowest BCUT2D eigenvalue weighted by Crippen LogP contribution is -2.11. The van der Waals surface area contributed by atoms with E-state index >= 15 is 0 Å². The average Bonchev–Trinajstić information content (AvgIpc) is 2.97. The van der Waals surface area contributed by atoms with Crippen LogP contribution in [-0.2, 0) is 11.3 Å². The first-order valence-corrected chi connectivity index (χ1v) is 8.00. The molecule has 7 heteroatoms. The molecular weight excluding hydrogens is 331 g/mol. The number of benzene rings is 2. The minimum Gasteiger partial charge on any atom is -0.486 e. The van der Waals surface area contributed by atoms with Gasteiger partial charge in [-0.2, -0.15) is 0 Å². The third-order valence-electron chi connectivity index (χ3n) is 3.38. The lowest BCUT2D eigenvalue weighted by Gasteiger charge is -2.10. The molecular formula is C17H15FN2O3S. The number of anilines is 1. The van der Waals surface area contributed by atoms with Crippen LogP contribution in [0, 0.1) is 12.7 Å². The molecule has 0 atom stereocenters. The van der Waals surface area contributed by atoms with Gasteiger partial charge in [-0.3, -0.25) is 5.32 Å². The third kappa shape index (κ3) is 3.62. The smallest absolute Gasteiger partial charge is 0.411 e. The van der Waals surface area contributed by atoms with Crippen molar-refractivity contribution in [1.29, 1.82) is 0 Å². The number of carbonyl (C=O) groups is 1. The molecule has 3 aromatic rings. The van der Waals surface area contributed by atoms with Crippen LogP contribution in [0.3, 0.4) is 0 Å². The van der Waals surface area contributed by atoms with Gasteiger partial charge < -0.3 is 9.47 Å². The van der Waals surface area contributed by atoms with Crippen LogP contribution in [-0.4, -0.2) is 18.2 Å². The summed E-state index contributed by atoms with van der Waals surface area (Å²) in [5.74, 6) is 0.385. The number of hydrogen-bond donors (Lipinski definition) is 1. The van der Waals surface area contributed by atoms with Crippen molar-refractivity contribution in [2.75, 3.05) is 12.4 Å². The van der Waals surface area contributed by atoms with Gasteiger partial charge in [0.15, 0.2) is 0 Å². The molecule has 0 saturated heterocycles. The number of carbonyl (C=O) groups excluding carboxylic acids is 1. The van der Waals surface area contributed by atoms with Crippen LogP contribution < -0.4 is 10.1 Å². The number of hydrogen-bond acceptors (Lipinski definition) is 5. The lowest BCUT2D eigenvalue weighted by molar-refractivity contribution is 0.187. The van der Waals surface area contributed by atoms with E-state index in [1.165, 1.54) is 30.6 Å². The van der Waals surface area contributed by atoms with Gasteiger partial charge in [-0.25, -0.2) is 14.2 Å². The summed E-state index contributed by atoms with van der Waals surface area (Å²) in [5.41, 5.74) is 2.27. The Morgan fingerprint density at radius 2 is 2.12 bits per heavy atom. The monoisotopic (exact) mass is 346 g/mol. The lowest BCUT2D eigenvalue weighted by atomic mass is 10.2. The van der Waals surface area contributed by atoms with E-state index in [-0.39, 0.29) is 5.82 Å². The van der Waals surface area contributed by atoms with Gasteiger partial charge in [0.2, 0.25) is 0 Å². The molecule has 0 aliphatic carbocycles. The topological polar surface area (TPSA) is 60.5 Å². The first-order chi connectivity index (χ1) is 11.5. The molecule has 2 aromatic carbocycles. The van der Waals surface area contributed by atoms with Crippen LogP contribution in [0.1, 0.15) is 10.6 Å². The van der Waals surface area contributed by atoms with Crippen LogP contribution in [0.25, 0.3) is 10.2 Å². The summed E-state index contributed by atoms with van der Waals surface area (Å²) in [5, 5.41) is 3.39. The number of amides is 1. The summed E-state index contributed by atoms with van der Waals surface area (Å²) in [4.78, 5) is 15.7. The van der Waals surface area contributed by atoms with Crippen molar-refractivity contribution in [3.05, 3.63) is 52.8 Å². The van der Waals surface area contributed by atoms with Gasteiger partial charge in [-0.1, -0.05) is 0 Å². The molecule has 0 radical (unpaired) electrons. The zero-order chi connectivity index (χ0) is 17.1. The van der Waals surface area contributed by atoms with Gasteiger partial charge in [0, 0.05) is 5.69 Å². The number of methoxy groups -OCH3 is 1. The van der Waals surface area contributed by atoms with Crippen molar-refractivity contribution in [2.45, 2.75) is 13.5 Å². The van der Waals surface area contributed by atoms with Crippen LogP contribution in [0.2, 0.25) is 0 Å². The molecule has 0 fully saturated rings. The van der Waals surface area contributed by atoms with Gasteiger partial charge in [0.1, 0.15) is 23.2 Å². The average molecular weight is 346 g/mol. The summed E-state index contributed by atoms with van der Waals surface area (Å²) in [6, 6.07) is 9.83. The van der Waals surface area contributed by atoms with Crippen molar-refractivity contribution in [3.8, 4) is 5.75 Å². The molecule has 0 bridgehead atoms. The SMILES string of the molecule is COC(=O)Nc1ccc(OCc2nc3ccc(F)cc3s2)cc1C. The second kappa shape index (κ2) is 6.84. The highest BCUT2D eigenvalue weighted by atomic mass is 32.1. The Kier molecular flexibility index (Phi) is 4.61. The van der Waals surface area contributed by atoms with Crippen molar-refractivity contribution in [2.24, 2.45) is 0 Å². The fourth-order valence-corrected chi connectivity index (χ4v) is 3.09. The highest BCUT2D eigenvalue weighted by molar-refractivity contribution is 7.18. The van der Waals surface area contributed by atoms with E-state index in [0.717, 1.165) is 20.8 Å². The first kappa shape index (κ1) is 16.2. The number of aryl methyl sites for hydroxylation is 1. The number of halogens is 1. The highest BCUT2D eigenvalue weighted by Crippen LogP contribution is 2.26. The molecule has 1 amide bonds. The number of nitrogens with one attached hydrogen (secondary N) is 1. The zero-order valence-electron chi connectivity index (χ0n) is 13.1. The van der Waals surface area contributed by atoms with Gasteiger partial charge in [0.25, 0.3) is 0 Å². The predicted octanol–water partition coefficient (Wildman–Crippen LogP) is 4.50. The molecule has 0 saturated carbocycles. The summed E-state index contributed by atoms with van der Waals surface area (Å²) < 4.78 is 24.3. The van der Waals surface area contributed by atoms with Gasteiger partial charge in [-0.15, -0.1) is 11.3 Å². The number of aromatic nitrogens is 1. The normalized spacial score (nSPS) is 10.6. The molecule has 1 heterocycles. The van der Waals surface area contributed by atoms with Gasteiger partial charge in [-0.05, 0) is 48.9 Å². The van der Waals surface area contributed by atoms with Crippen LogP contribution >= 0.6 is 11.3 Å².